The van der Waals surface area contributed by atoms with Gasteiger partial charge in [-0.05, 0) is 104 Å². The molecule has 1 aromatic heterocycles. The minimum absolute atomic E-state index is 0.0591. The molecule has 2 nitrogen and oxygen atoms in total. The van der Waals surface area contributed by atoms with Crippen molar-refractivity contribution >= 4 is 38.9 Å². The quantitative estimate of drug-likeness (QED) is 0.163. The zero-order chi connectivity index (χ0) is 41.7. The van der Waals surface area contributed by atoms with Crippen LogP contribution in [0.4, 0.5) is 17.1 Å². The van der Waals surface area contributed by atoms with Crippen molar-refractivity contribution in [1.82, 2.24) is 4.57 Å². The van der Waals surface area contributed by atoms with Crippen LogP contribution in [0.1, 0.15) is 49.9 Å². The number of benzene rings is 9. The molecule has 10 aromatic rings. The smallest absolute Gasteiger partial charge is 0.0547 e. The van der Waals surface area contributed by atoms with Crippen molar-refractivity contribution in [2.24, 2.45) is 0 Å². The van der Waals surface area contributed by atoms with Crippen LogP contribution in [0.25, 0.3) is 72.0 Å². The van der Waals surface area contributed by atoms with Crippen molar-refractivity contribution in [2.75, 3.05) is 4.90 Å². The fourth-order valence-corrected chi connectivity index (χ4v) is 11.1. The highest BCUT2D eigenvalue weighted by Crippen LogP contribution is 2.56. The molecule has 0 amide bonds. The molecular formula is C60H46N2. The van der Waals surface area contributed by atoms with E-state index in [1.807, 2.05) is 0 Å². The van der Waals surface area contributed by atoms with Gasteiger partial charge in [0.2, 0.25) is 0 Å². The Labute approximate surface area is 364 Å². The minimum atomic E-state index is -0.139. The van der Waals surface area contributed by atoms with Crippen LogP contribution in [0.5, 0.6) is 0 Å². The largest absolute Gasteiger partial charge is 0.309 e. The van der Waals surface area contributed by atoms with Crippen LogP contribution in [0.2, 0.25) is 0 Å². The summed E-state index contributed by atoms with van der Waals surface area (Å²) in [6.45, 7) is 9.46. The van der Waals surface area contributed by atoms with Gasteiger partial charge in [0.05, 0.1) is 22.4 Å². The van der Waals surface area contributed by atoms with Gasteiger partial charge in [-0.15, -0.1) is 0 Å². The van der Waals surface area contributed by atoms with Gasteiger partial charge in [0.1, 0.15) is 0 Å². The van der Waals surface area contributed by atoms with Gasteiger partial charge in [-0.25, -0.2) is 0 Å². The molecule has 0 bridgehead atoms. The Kier molecular flexibility index (Phi) is 7.96. The van der Waals surface area contributed by atoms with Crippen molar-refractivity contribution < 1.29 is 0 Å². The predicted octanol–water partition coefficient (Wildman–Crippen LogP) is 16.2. The van der Waals surface area contributed by atoms with E-state index in [1.54, 1.807) is 0 Å². The summed E-state index contributed by atoms with van der Waals surface area (Å²) in [4.78, 5) is 2.53. The zero-order valence-electron chi connectivity index (χ0n) is 35.5. The van der Waals surface area contributed by atoms with Crippen molar-refractivity contribution in [3.63, 3.8) is 0 Å². The van der Waals surface area contributed by atoms with E-state index in [4.69, 9.17) is 0 Å². The molecule has 2 aliphatic carbocycles. The van der Waals surface area contributed by atoms with Crippen molar-refractivity contribution in [1.29, 1.82) is 0 Å². The molecule has 12 rings (SSSR count). The van der Waals surface area contributed by atoms with E-state index in [0.717, 1.165) is 17.1 Å². The van der Waals surface area contributed by atoms with Crippen molar-refractivity contribution in [2.45, 2.75) is 38.5 Å². The van der Waals surface area contributed by atoms with Gasteiger partial charge in [0.15, 0.2) is 0 Å². The monoisotopic (exact) mass is 794 g/mol. The Bertz CT molecular complexity index is 3400. The lowest BCUT2D eigenvalue weighted by atomic mass is 9.82. The minimum Gasteiger partial charge on any atom is -0.309 e. The Morgan fingerprint density at radius 1 is 0.355 bits per heavy atom. The fraction of sp³-hybridized carbons (Fsp3) is 0.100. The first-order valence-corrected chi connectivity index (χ1v) is 21.9. The Morgan fingerprint density at radius 3 is 1.60 bits per heavy atom. The summed E-state index contributed by atoms with van der Waals surface area (Å²) in [5.74, 6) is 0. The third kappa shape index (κ3) is 5.16. The van der Waals surface area contributed by atoms with Crippen LogP contribution < -0.4 is 4.90 Å². The van der Waals surface area contributed by atoms with Gasteiger partial charge < -0.3 is 9.47 Å². The molecular weight excluding hydrogens is 749 g/mol. The molecule has 0 unspecified atom stereocenters. The number of hydrogen-bond donors (Lipinski definition) is 0. The summed E-state index contributed by atoms with van der Waals surface area (Å²) >= 11 is 0. The second kappa shape index (κ2) is 13.5. The number of hydrogen-bond acceptors (Lipinski definition) is 1. The maximum atomic E-state index is 2.53. The summed E-state index contributed by atoms with van der Waals surface area (Å²) in [7, 11) is 0. The number of fused-ring (bicyclic) bond motifs is 9. The Morgan fingerprint density at radius 2 is 0.855 bits per heavy atom. The van der Waals surface area contributed by atoms with Crippen molar-refractivity contribution in [3.05, 3.63) is 229 Å². The van der Waals surface area contributed by atoms with E-state index in [9.17, 15) is 0 Å². The van der Waals surface area contributed by atoms with E-state index in [-0.39, 0.29) is 10.8 Å². The van der Waals surface area contributed by atoms with Gasteiger partial charge in [-0.3, -0.25) is 0 Å². The molecule has 296 valence electrons. The van der Waals surface area contributed by atoms with Gasteiger partial charge >= 0.3 is 0 Å². The molecule has 0 N–H and O–H groups in total. The molecule has 0 spiro atoms. The zero-order valence-corrected chi connectivity index (χ0v) is 35.5. The van der Waals surface area contributed by atoms with Crippen LogP contribution in [0.3, 0.4) is 0 Å². The van der Waals surface area contributed by atoms with Gasteiger partial charge in [-0.1, -0.05) is 185 Å². The number of anilines is 3. The molecule has 2 aliphatic rings. The van der Waals surface area contributed by atoms with Crippen molar-refractivity contribution in [3.8, 4) is 50.2 Å². The number of aromatic nitrogens is 1. The normalized spacial score (nSPS) is 14.1. The summed E-state index contributed by atoms with van der Waals surface area (Å²) in [5, 5.41) is 2.49. The number of rotatable bonds is 6. The molecule has 0 saturated heterocycles. The molecule has 0 radical (unpaired) electrons. The molecule has 0 fully saturated rings. The first kappa shape index (κ1) is 36.4. The summed E-state index contributed by atoms with van der Waals surface area (Å²) in [6.07, 6.45) is 0. The fourth-order valence-electron chi connectivity index (χ4n) is 11.1. The number of para-hydroxylation sites is 3. The molecule has 9 aromatic carbocycles. The lowest BCUT2D eigenvalue weighted by molar-refractivity contribution is 0.660. The van der Waals surface area contributed by atoms with Crippen LogP contribution in [-0.2, 0) is 10.8 Å². The summed E-state index contributed by atoms with van der Waals surface area (Å²) in [6, 6.07) is 76.5. The highest BCUT2D eigenvalue weighted by molar-refractivity contribution is 6.17. The molecule has 1 heterocycles. The van der Waals surface area contributed by atoms with E-state index >= 15 is 0 Å². The van der Waals surface area contributed by atoms with Gasteiger partial charge in [-0.2, -0.15) is 0 Å². The molecule has 2 heteroatoms. The van der Waals surface area contributed by atoms with Crippen LogP contribution in [0, 0.1) is 0 Å². The topological polar surface area (TPSA) is 8.17 Å². The number of nitrogens with zero attached hydrogens (tertiary/aromatic N) is 2. The molecule has 0 aliphatic heterocycles. The summed E-state index contributed by atoms with van der Waals surface area (Å²) < 4.78 is 2.41. The Hall–Kier alpha value is -7.42. The Balaban J connectivity index is 1.10. The maximum Gasteiger partial charge on any atom is 0.0547 e. The first-order chi connectivity index (χ1) is 30.3. The third-order valence-corrected chi connectivity index (χ3v) is 14.0. The standard InChI is InChI=1S/C60H46N2/c1-59(2)48-27-12-8-22-45(48)56-42(25-16-29-50(56)59)39-35-37-41(38-36-39)62(55-34-18-30-51-58(55)46-23-9-13-28-49(46)60(51,3)4)52-31-14-10-21-43(52)44-26-17-33-54-57(44)47-24-11-15-32-53(47)61(54)40-19-6-5-7-20-40/h5-38H,1-4H3. The van der Waals surface area contributed by atoms with Crippen LogP contribution in [-0.4, -0.2) is 4.57 Å². The van der Waals surface area contributed by atoms with E-state index in [1.165, 1.54) is 94.3 Å². The molecule has 0 atom stereocenters. The highest BCUT2D eigenvalue weighted by atomic mass is 15.1. The average molecular weight is 795 g/mol. The van der Waals surface area contributed by atoms with E-state index < -0.39 is 0 Å². The SMILES string of the molecule is CC1(C)c2ccccc2-c2c(-c3ccc(N(c4ccccc4-c4cccc5c4c4ccccc4n5-c4ccccc4)c4cccc5c4-c4ccccc4C5(C)C)cc3)cccc21. The molecule has 0 saturated carbocycles. The predicted molar refractivity (Wildman–Crippen MR) is 261 cm³/mol. The first-order valence-electron chi connectivity index (χ1n) is 21.9. The summed E-state index contributed by atoms with van der Waals surface area (Å²) in [5.41, 5.74) is 22.4. The van der Waals surface area contributed by atoms with Gasteiger partial charge in [0, 0.05) is 44.1 Å². The molecule has 62 heavy (non-hydrogen) atoms. The van der Waals surface area contributed by atoms with Crippen LogP contribution in [0.15, 0.2) is 206 Å². The van der Waals surface area contributed by atoms with Crippen LogP contribution >= 0.6 is 0 Å². The second-order valence-corrected chi connectivity index (χ2v) is 18.1. The van der Waals surface area contributed by atoms with Gasteiger partial charge in [0.25, 0.3) is 0 Å². The lowest BCUT2D eigenvalue weighted by Crippen LogP contribution is -2.16. The average Bonchev–Trinajstić information content (AvgIpc) is 3.87. The second-order valence-electron chi connectivity index (χ2n) is 18.1. The highest BCUT2D eigenvalue weighted by Gasteiger charge is 2.39. The van der Waals surface area contributed by atoms with E-state index in [0.29, 0.717) is 0 Å². The third-order valence-electron chi connectivity index (χ3n) is 14.0. The lowest BCUT2D eigenvalue weighted by Gasteiger charge is -2.31. The van der Waals surface area contributed by atoms with E-state index in [2.05, 4.69) is 243 Å². The maximum absolute atomic E-state index is 2.53.